The number of carbonyl (C=O) groups is 2. The van der Waals surface area contributed by atoms with E-state index in [4.69, 9.17) is 4.74 Å². The molecule has 0 aliphatic heterocycles. The number of ether oxygens (including phenoxy) is 1. The van der Waals surface area contributed by atoms with Crippen molar-refractivity contribution in [1.82, 2.24) is 9.88 Å². The molecule has 0 spiro atoms. The number of carbonyl (C=O) groups excluding carboxylic acids is 2. The maximum absolute atomic E-state index is 13.4. The number of hydrogen-bond donors (Lipinski definition) is 1. The Morgan fingerprint density at radius 3 is 2.71 bits per heavy atom. The molecule has 0 unspecified atom stereocenters. The lowest BCUT2D eigenvalue weighted by Gasteiger charge is -2.34. The number of thiazole rings is 1. The molecule has 7 heteroatoms. The molecular weight excluding hydrogens is 410 g/mol. The lowest BCUT2D eigenvalue weighted by atomic mass is 9.94. The molecule has 6 nitrogen and oxygen atoms in total. The minimum Gasteiger partial charge on any atom is -0.461 e. The van der Waals surface area contributed by atoms with Gasteiger partial charge < -0.3 is 15.0 Å². The van der Waals surface area contributed by atoms with Gasteiger partial charge in [-0.15, -0.1) is 11.3 Å². The standard InChI is InChI=1S/C24H27N3O3S/c1-2-30-23(28)21-16-31-22(25-21)15-27(18-11-4-3-5-12-18)24(29)26-20-14-8-10-17-9-6-7-13-19(17)20/h6-10,13-14,16,18H,2-5,11-12,15H2,1H3,(H,26,29). The maximum Gasteiger partial charge on any atom is 0.357 e. The van der Waals surface area contributed by atoms with Gasteiger partial charge in [0.25, 0.3) is 0 Å². The van der Waals surface area contributed by atoms with Crippen molar-refractivity contribution in [1.29, 1.82) is 0 Å². The minimum absolute atomic E-state index is 0.129. The number of amides is 2. The van der Waals surface area contributed by atoms with Crippen molar-refractivity contribution in [3.05, 3.63) is 58.5 Å². The van der Waals surface area contributed by atoms with Crippen LogP contribution in [0.3, 0.4) is 0 Å². The van der Waals surface area contributed by atoms with E-state index in [0.717, 1.165) is 47.2 Å². The molecule has 1 saturated carbocycles. The van der Waals surface area contributed by atoms with Crippen molar-refractivity contribution < 1.29 is 14.3 Å². The second-order valence-electron chi connectivity index (χ2n) is 7.72. The third kappa shape index (κ3) is 5.05. The molecule has 2 aromatic carbocycles. The van der Waals surface area contributed by atoms with E-state index < -0.39 is 5.97 Å². The van der Waals surface area contributed by atoms with Crippen LogP contribution in [0.25, 0.3) is 10.8 Å². The number of benzene rings is 2. The molecule has 1 heterocycles. The van der Waals surface area contributed by atoms with E-state index in [0.29, 0.717) is 18.8 Å². The fourth-order valence-electron chi connectivity index (χ4n) is 4.11. The van der Waals surface area contributed by atoms with Crippen LogP contribution in [0.1, 0.15) is 54.5 Å². The van der Waals surface area contributed by atoms with Gasteiger partial charge in [0.2, 0.25) is 0 Å². The zero-order valence-electron chi connectivity index (χ0n) is 17.7. The molecule has 1 N–H and O–H groups in total. The zero-order chi connectivity index (χ0) is 21.6. The van der Waals surface area contributed by atoms with Crippen LogP contribution in [0.4, 0.5) is 10.5 Å². The summed E-state index contributed by atoms with van der Waals surface area (Å²) in [5, 5.41) is 7.67. The third-order valence-electron chi connectivity index (χ3n) is 5.65. The second kappa shape index (κ2) is 9.92. The SMILES string of the molecule is CCOC(=O)c1csc(CN(C(=O)Nc2cccc3ccccc23)C2CCCCC2)n1. The summed E-state index contributed by atoms with van der Waals surface area (Å²) in [5.41, 5.74) is 1.11. The molecule has 31 heavy (non-hydrogen) atoms. The fourth-order valence-corrected chi connectivity index (χ4v) is 4.87. The quantitative estimate of drug-likeness (QED) is 0.492. The number of fused-ring (bicyclic) bond motifs is 1. The van der Waals surface area contributed by atoms with Crippen molar-refractivity contribution in [3.63, 3.8) is 0 Å². The van der Waals surface area contributed by atoms with E-state index >= 15 is 0 Å². The molecule has 1 aromatic heterocycles. The first-order valence-electron chi connectivity index (χ1n) is 10.8. The zero-order valence-corrected chi connectivity index (χ0v) is 18.5. The largest absolute Gasteiger partial charge is 0.461 e. The highest BCUT2D eigenvalue weighted by Crippen LogP contribution is 2.28. The molecule has 1 aliphatic rings. The van der Waals surface area contributed by atoms with Crippen LogP contribution in [-0.2, 0) is 11.3 Å². The van der Waals surface area contributed by atoms with E-state index in [9.17, 15) is 9.59 Å². The summed E-state index contributed by atoms with van der Waals surface area (Å²) in [6, 6.07) is 14.0. The first-order valence-corrected chi connectivity index (χ1v) is 11.7. The van der Waals surface area contributed by atoms with Gasteiger partial charge in [-0.3, -0.25) is 0 Å². The van der Waals surface area contributed by atoms with Gasteiger partial charge >= 0.3 is 12.0 Å². The van der Waals surface area contributed by atoms with Crippen LogP contribution in [-0.4, -0.2) is 34.5 Å². The van der Waals surface area contributed by atoms with Gasteiger partial charge in [0.05, 0.1) is 18.8 Å². The summed E-state index contributed by atoms with van der Waals surface area (Å²) >= 11 is 1.39. The smallest absolute Gasteiger partial charge is 0.357 e. The van der Waals surface area contributed by atoms with Gasteiger partial charge in [0, 0.05) is 16.8 Å². The summed E-state index contributed by atoms with van der Waals surface area (Å²) < 4.78 is 5.04. The van der Waals surface area contributed by atoms with Gasteiger partial charge in [0.1, 0.15) is 5.01 Å². The lowest BCUT2D eigenvalue weighted by Crippen LogP contribution is -2.43. The van der Waals surface area contributed by atoms with Crippen molar-refractivity contribution in [2.45, 2.75) is 51.6 Å². The van der Waals surface area contributed by atoms with Gasteiger partial charge in [-0.2, -0.15) is 0 Å². The highest BCUT2D eigenvalue weighted by molar-refractivity contribution is 7.09. The summed E-state index contributed by atoms with van der Waals surface area (Å²) in [4.78, 5) is 31.7. The molecular formula is C24H27N3O3S. The van der Waals surface area contributed by atoms with Gasteiger partial charge in [0.15, 0.2) is 5.69 Å². The van der Waals surface area contributed by atoms with Crippen molar-refractivity contribution >= 4 is 39.8 Å². The molecule has 2 amide bonds. The first kappa shape index (κ1) is 21.3. The van der Waals surface area contributed by atoms with Crippen LogP contribution < -0.4 is 5.32 Å². The fraction of sp³-hybridized carbons (Fsp3) is 0.375. The number of aromatic nitrogens is 1. The van der Waals surface area contributed by atoms with E-state index in [2.05, 4.69) is 10.3 Å². The van der Waals surface area contributed by atoms with Crippen molar-refractivity contribution in [2.24, 2.45) is 0 Å². The number of urea groups is 1. The highest BCUT2D eigenvalue weighted by Gasteiger charge is 2.27. The average Bonchev–Trinajstić information content (AvgIpc) is 3.27. The summed E-state index contributed by atoms with van der Waals surface area (Å²) in [6.07, 6.45) is 5.42. The Hall–Kier alpha value is -2.93. The Morgan fingerprint density at radius 2 is 1.90 bits per heavy atom. The van der Waals surface area contributed by atoms with Crippen LogP contribution in [0, 0.1) is 0 Å². The monoisotopic (exact) mass is 437 g/mol. The molecule has 0 radical (unpaired) electrons. The Kier molecular flexibility index (Phi) is 6.82. The molecule has 1 fully saturated rings. The van der Waals surface area contributed by atoms with E-state index in [1.165, 1.54) is 17.8 Å². The number of esters is 1. The van der Waals surface area contributed by atoms with Crippen LogP contribution >= 0.6 is 11.3 Å². The summed E-state index contributed by atoms with van der Waals surface area (Å²) in [5.74, 6) is -0.422. The average molecular weight is 438 g/mol. The number of anilines is 1. The first-order chi connectivity index (χ1) is 15.2. The molecule has 0 atom stereocenters. The molecule has 0 bridgehead atoms. The maximum atomic E-state index is 13.4. The van der Waals surface area contributed by atoms with Gasteiger partial charge in [-0.05, 0) is 31.2 Å². The summed E-state index contributed by atoms with van der Waals surface area (Å²) in [7, 11) is 0. The molecule has 162 valence electrons. The predicted molar refractivity (Wildman–Crippen MR) is 123 cm³/mol. The predicted octanol–water partition coefficient (Wildman–Crippen LogP) is 5.84. The van der Waals surface area contributed by atoms with Crippen LogP contribution in [0.5, 0.6) is 0 Å². The van der Waals surface area contributed by atoms with E-state index in [1.54, 1.807) is 12.3 Å². The lowest BCUT2D eigenvalue weighted by molar-refractivity contribution is 0.0520. The Bertz CT molecular complexity index is 1050. The number of rotatable bonds is 6. The Morgan fingerprint density at radius 1 is 1.13 bits per heavy atom. The topological polar surface area (TPSA) is 71.5 Å². The Labute approximate surface area is 186 Å². The Balaban J connectivity index is 1.56. The van der Waals surface area contributed by atoms with Gasteiger partial charge in [-0.1, -0.05) is 55.7 Å². The molecule has 1 aliphatic carbocycles. The highest BCUT2D eigenvalue weighted by atomic mass is 32.1. The number of hydrogen-bond acceptors (Lipinski definition) is 5. The summed E-state index contributed by atoms with van der Waals surface area (Å²) in [6.45, 7) is 2.46. The molecule has 0 saturated heterocycles. The minimum atomic E-state index is -0.422. The van der Waals surface area contributed by atoms with Crippen molar-refractivity contribution in [2.75, 3.05) is 11.9 Å². The van der Waals surface area contributed by atoms with E-state index in [-0.39, 0.29) is 12.1 Å². The number of nitrogens with one attached hydrogen (secondary N) is 1. The number of nitrogens with zero attached hydrogens (tertiary/aromatic N) is 2. The molecule has 3 aromatic rings. The van der Waals surface area contributed by atoms with Crippen LogP contribution in [0.15, 0.2) is 47.8 Å². The normalized spacial score (nSPS) is 14.4. The van der Waals surface area contributed by atoms with Crippen LogP contribution in [0.2, 0.25) is 0 Å². The third-order valence-corrected chi connectivity index (χ3v) is 6.48. The van der Waals surface area contributed by atoms with Crippen molar-refractivity contribution in [3.8, 4) is 0 Å². The van der Waals surface area contributed by atoms with E-state index in [1.807, 2.05) is 47.4 Å². The second-order valence-corrected chi connectivity index (χ2v) is 8.67. The molecule has 4 rings (SSSR count). The van der Waals surface area contributed by atoms with Gasteiger partial charge in [-0.25, -0.2) is 14.6 Å².